The largest absolute Gasteiger partial charge is 0.484 e. The van der Waals surface area contributed by atoms with E-state index in [4.69, 9.17) is 9.47 Å². The topological polar surface area (TPSA) is 47.6 Å². The zero-order valence-corrected chi connectivity index (χ0v) is 12.3. The second-order valence-electron chi connectivity index (χ2n) is 4.65. The highest BCUT2D eigenvalue weighted by Gasteiger charge is 2.02. The Morgan fingerprint density at radius 3 is 2.55 bits per heavy atom. The van der Waals surface area contributed by atoms with Crippen molar-refractivity contribution in [3.05, 3.63) is 42.0 Å². The van der Waals surface area contributed by atoms with Crippen LogP contribution in [0, 0.1) is 0 Å². The van der Waals surface area contributed by atoms with E-state index in [1.54, 1.807) is 0 Å². The van der Waals surface area contributed by atoms with Gasteiger partial charge in [0.15, 0.2) is 6.61 Å². The van der Waals surface area contributed by atoms with Gasteiger partial charge in [0, 0.05) is 6.54 Å². The Kier molecular flexibility index (Phi) is 7.43. The van der Waals surface area contributed by atoms with Crippen LogP contribution in [0.5, 0.6) is 5.75 Å². The molecule has 0 aliphatic rings. The van der Waals surface area contributed by atoms with Gasteiger partial charge in [0.1, 0.15) is 5.75 Å². The fourth-order valence-corrected chi connectivity index (χ4v) is 1.53. The quantitative estimate of drug-likeness (QED) is 0.557. The van der Waals surface area contributed by atoms with Gasteiger partial charge in [0.2, 0.25) is 0 Å². The number of hydrogen-bond donors (Lipinski definition) is 1. The molecule has 20 heavy (non-hydrogen) atoms. The first-order chi connectivity index (χ1) is 9.61. The van der Waals surface area contributed by atoms with Gasteiger partial charge in [-0.1, -0.05) is 31.2 Å². The maximum Gasteiger partial charge on any atom is 0.258 e. The number of carbonyl (C=O) groups excluding carboxylic acids is 1. The van der Waals surface area contributed by atoms with Crippen LogP contribution in [-0.4, -0.2) is 32.3 Å². The Morgan fingerprint density at radius 2 is 1.95 bits per heavy atom. The molecule has 4 heteroatoms. The van der Waals surface area contributed by atoms with Crippen LogP contribution in [0.4, 0.5) is 0 Å². The van der Waals surface area contributed by atoms with Gasteiger partial charge >= 0.3 is 0 Å². The molecule has 1 amide bonds. The van der Waals surface area contributed by atoms with Crippen LogP contribution in [0.2, 0.25) is 0 Å². The number of rotatable bonds is 9. The molecule has 0 heterocycles. The molecule has 1 rings (SSSR count). The Labute approximate surface area is 120 Å². The smallest absolute Gasteiger partial charge is 0.258 e. The Morgan fingerprint density at radius 1 is 1.25 bits per heavy atom. The highest BCUT2D eigenvalue weighted by atomic mass is 16.5. The lowest BCUT2D eigenvalue weighted by Crippen LogP contribution is -2.31. The van der Waals surface area contributed by atoms with Gasteiger partial charge in [0.05, 0.1) is 13.2 Å². The standard InChI is InChI=1S/C16H23NO3/c1-4-14-5-7-15(8-6-14)20-12-16(18)17-9-10-19-11-13(2)3/h5-8H,2,4,9-12H2,1,3H3,(H,17,18). The van der Waals surface area contributed by atoms with Gasteiger partial charge in [-0.3, -0.25) is 4.79 Å². The average Bonchev–Trinajstić information content (AvgIpc) is 2.45. The molecule has 0 atom stereocenters. The zero-order chi connectivity index (χ0) is 14.8. The molecule has 1 aromatic carbocycles. The van der Waals surface area contributed by atoms with Crippen molar-refractivity contribution in [3.8, 4) is 5.75 Å². The fourth-order valence-electron chi connectivity index (χ4n) is 1.53. The third kappa shape index (κ3) is 6.95. The van der Waals surface area contributed by atoms with Crippen LogP contribution in [0.1, 0.15) is 19.4 Å². The third-order valence-electron chi connectivity index (χ3n) is 2.62. The van der Waals surface area contributed by atoms with E-state index in [-0.39, 0.29) is 12.5 Å². The van der Waals surface area contributed by atoms with Crippen molar-refractivity contribution in [1.82, 2.24) is 5.32 Å². The van der Waals surface area contributed by atoms with Crippen LogP contribution < -0.4 is 10.1 Å². The minimum atomic E-state index is -0.150. The molecule has 0 unspecified atom stereocenters. The molecule has 0 saturated heterocycles. The van der Waals surface area contributed by atoms with Crippen molar-refractivity contribution >= 4 is 5.91 Å². The van der Waals surface area contributed by atoms with Crippen molar-refractivity contribution in [2.45, 2.75) is 20.3 Å². The number of aryl methyl sites for hydroxylation is 1. The van der Waals surface area contributed by atoms with Gasteiger partial charge in [-0.05, 0) is 31.0 Å². The summed E-state index contributed by atoms with van der Waals surface area (Å²) < 4.78 is 10.7. The van der Waals surface area contributed by atoms with Gasteiger partial charge in [-0.2, -0.15) is 0 Å². The Balaban J connectivity index is 2.14. The van der Waals surface area contributed by atoms with E-state index >= 15 is 0 Å². The van der Waals surface area contributed by atoms with Crippen LogP contribution in [-0.2, 0) is 16.0 Å². The van der Waals surface area contributed by atoms with E-state index < -0.39 is 0 Å². The number of amides is 1. The van der Waals surface area contributed by atoms with E-state index in [1.165, 1.54) is 5.56 Å². The van der Waals surface area contributed by atoms with Gasteiger partial charge < -0.3 is 14.8 Å². The average molecular weight is 277 g/mol. The molecule has 110 valence electrons. The second kappa shape index (κ2) is 9.15. The minimum absolute atomic E-state index is 0.0198. The van der Waals surface area contributed by atoms with Gasteiger partial charge in [0.25, 0.3) is 5.91 Å². The number of hydrogen-bond acceptors (Lipinski definition) is 3. The van der Waals surface area contributed by atoms with Crippen molar-refractivity contribution in [3.63, 3.8) is 0 Å². The lowest BCUT2D eigenvalue weighted by Gasteiger charge is -2.08. The molecule has 0 aromatic heterocycles. The van der Waals surface area contributed by atoms with E-state index in [1.807, 2.05) is 31.2 Å². The molecule has 0 fully saturated rings. The van der Waals surface area contributed by atoms with Crippen LogP contribution in [0.25, 0.3) is 0 Å². The number of benzene rings is 1. The summed E-state index contributed by atoms with van der Waals surface area (Å²) >= 11 is 0. The first-order valence-corrected chi connectivity index (χ1v) is 6.82. The fraction of sp³-hybridized carbons (Fsp3) is 0.438. The summed E-state index contributed by atoms with van der Waals surface area (Å²) in [6.07, 6.45) is 0.991. The molecule has 0 radical (unpaired) electrons. The maximum atomic E-state index is 11.5. The summed E-state index contributed by atoms with van der Waals surface area (Å²) in [5.41, 5.74) is 2.21. The number of ether oxygens (including phenoxy) is 2. The number of carbonyl (C=O) groups is 1. The van der Waals surface area contributed by atoms with E-state index in [0.29, 0.717) is 25.5 Å². The lowest BCUT2D eigenvalue weighted by molar-refractivity contribution is -0.123. The highest BCUT2D eigenvalue weighted by molar-refractivity contribution is 5.77. The van der Waals surface area contributed by atoms with Crippen molar-refractivity contribution in [2.75, 3.05) is 26.4 Å². The first kappa shape index (κ1) is 16.2. The summed E-state index contributed by atoms with van der Waals surface area (Å²) in [5, 5.41) is 2.73. The number of nitrogens with one attached hydrogen (secondary N) is 1. The normalized spacial score (nSPS) is 10.1. The molecular formula is C16H23NO3. The molecule has 1 aromatic rings. The second-order valence-corrected chi connectivity index (χ2v) is 4.65. The van der Waals surface area contributed by atoms with Crippen molar-refractivity contribution in [1.29, 1.82) is 0 Å². The summed E-state index contributed by atoms with van der Waals surface area (Å²) in [7, 11) is 0. The molecule has 0 aliphatic carbocycles. The SMILES string of the molecule is C=C(C)COCCNC(=O)COc1ccc(CC)cc1. The van der Waals surface area contributed by atoms with Gasteiger partial charge in [-0.25, -0.2) is 0 Å². The summed E-state index contributed by atoms with van der Waals surface area (Å²) in [5.74, 6) is 0.555. The predicted octanol–water partition coefficient (Wildman–Crippen LogP) is 2.34. The van der Waals surface area contributed by atoms with Crippen LogP contribution in [0.15, 0.2) is 36.4 Å². The molecule has 0 saturated carbocycles. The van der Waals surface area contributed by atoms with Gasteiger partial charge in [-0.15, -0.1) is 0 Å². The third-order valence-corrected chi connectivity index (χ3v) is 2.62. The van der Waals surface area contributed by atoms with Crippen molar-refractivity contribution < 1.29 is 14.3 Å². The van der Waals surface area contributed by atoms with Crippen molar-refractivity contribution in [2.24, 2.45) is 0 Å². The molecule has 0 spiro atoms. The Bertz CT molecular complexity index is 426. The molecule has 0 aliphatic heterocycles. The minimum Gasteiger partial charge on any atom is -0.484 e. The van der Waals surface area contributed by atoms with E-state index in [2.05, 4.69) is 18.8 Å². The Hall–Kier alpha value is -1.81. The summed E-state index contributed by atoms with van der Waals surface area (Å²) in [6.45, 7) is 9.22. The van der Waals surface area contributed by atoms with E-state index in [0.717, 1.165) is 12.0 Å². The molecule has 1 N–H and O–H groups in total. The van der Waals surface area contributed by atoms with E-state index in [9.17, 15) is 4.79 Å². The summed E-state index contributed by atoms with van der Waals surface area (Å²) in [6, 6.07) is 7.75. The van der Waals surface area contributed by atoms with Crippen LogP contribution >= 0.6 is 0 Å². The first-order valence-electron chi connectivity index (χ1n) is 6.82. The maximum absolute atomic E-state index is 11.5. The zero-order valence-electron chi connectivity index (χ0n) is 12.3. The predicted molar refractivity (Wildman–Crippen MR) is 80.0 cm³/mol. The summed E-state index contributed by atoms with van der Waals surface area (Å²) in [4.78, 5) is 11.5. The van der Waals surface area contributed by atoms with Crippen LogP contribution in [0.3, 0.4) is 0 Å². The molecule has 0 bridgehead atoms. The highest BCUT2D eigenvalue weighted by Crippen LogP contribution is 2.12. The monoisotopic (exact) mass is 277 g/mol. The molecule has 4 nitrogen and oxygen atoms in total. The lowest BCUT2D eigenvalue weighted by atomic mass is 10.2. The molecular weight excluding hydrogens is 254 g/mol.